The van der Waals surface area contributed by atoms with E-state index < -0.39 is 11.0 Å². The number of carbonyl (C=O) groups excluding carboxylic acids is 1. The number of nitrogens with zero attached hydrogens (tertiary/aromatic N) is 2. The number of carbonyl (C=O) groups is 1. The summed E-state index contributed by atoms with van der Waals surface area (Å²) in [6.45, 7) is 5.33. The monoisotopic (exact) mass is 488 g/mol. The van der Waals surface area contributed by atoms with Crippen LogP contribution in [0.4, 0.5) is 0 Å². The Hall–Kier alpha value is -2.83. The molecule has 6 rings (SSSR count). The molecule has 2 aliphatic carbocycles. The van der Waals surface area contributed by atoms with Gasteiger partial charge in [-0.15, -0.1) is 0 Å². The van der Waals surface area contributed by atoms with Gasteiger partial charge in [0.05, 0.1) is 11.5 Å². The molecule has 2 aromatic carbocycles. The van der Waals surface area contributed by atoms with E-state index >= 15 is 0 Å². The molecule has 1 N–H and O–H groups in total. The molecule has 0 amide bonds. The fourth-order valence-electron chi connectivity index (χ4n) is 7.88. The summed E-state index contributed by atoms with van der Waals surface area (Å²) in [5.41, 5.74) is 3.63. The van der Waals surface area contributed by atoms with Gasteiger partial charge >= 0.3 is 5.97 Å². The Kier molecular flexibility index (Phi) is 5.47. The molecule has 2 aliphatic heterocycles. The Balaban J connectivity index is 1.39. The Morgan fingerprint density at radius 2 is 2.14 bits per heavy atom. The highest BCUT2D eigenvalue weighted by atomic mass is 16.6. The molecule has 190 valence electrons. The van der Waals surface area contributed by atoms with Gasteiger partial charge in [0.15, 0.2) is 11.5 Å². The minimum absolute atomic E-state index is 0.0942. The van der Waals surface area contributed by atoms with Crippen molar-refractivity contribution in [2.45, 2.75) is 68.7 Å². The van der Waals surface area contributed by atoms with Crippen molar-refractivity contribution >= 4 is 12.0 Å². The Labute approximate surface area is 213 Å². The largest absolute Gasteiger partial charge is 0.504 e. The standard InChI is InChI=1S/C30H36N2O4/c1-19-7-5-8-21(17-19)9-6-15-31(3)23-12-13-30(36-20(2)33)25-18-22-10-11-24(34)27-26(22)29(30,28(23)35-27)14-16-32(25)4/h5-11,17,23,25,28,34H,12-16,18H2,1-4H3/b9-6+/t23?,25-,28?,29+,30-/m1/s1. The van der Waals surface area contributed by atoms with Crippen LogP contribution >= 0.6 is 0 Å². The molecule has 6 nitrogen and oxygen atoms in total. The van der Waals surface area contributed by atoms with Crippen molar-refractivity contribution in [3.05, 3.63) is 64.7 Å². The molecule has 2 fully saturated rings. The highest BCUT2D eigenvalue weighted by Gasteiger charge is 2.75. The fourth-order valence-corrected chi connectivity index (χ4v) is 7.88. The second kappa shape index (κ2) is 8.35. The van der Waals surface area contributed by atoms with Gasteiger partial charge in [0, 0.05) is 25.1 Å². The number of aryl methyl sites for hydroxylation is 1. The molecule has 4 aliphatic rings. The second-order valence-electron chi connectivity index (χ2n) is 11.3. The molecule has 2 heterocycles. The van der Waals surface area contributed by atoms with E-state index in [9.17, 15) is 9.90 Å². The van der Waals surface area contributed by atoms with Gasteiger partial charge in [0.2, 0.25) is 0 Å². The van der Waals surface area contributed by atoms with Gasteiger partial charge in [-0.25, -0.2) is 0 Å². The number of ether oxygens (including phenoxy) is 2. The van der Waals surface area contributed by atoms with Crippen molar-refractivity contribution in [3.63, 3.8) is 0 Å². The SMILES string of the molecule is CC(=O)O[C@@]12CCC(N(C)C/C=C/c3cccc(C)c3)C3Oc4c(O)ccc5c4[C@@]31CCN(C)[C@@H]2C5. The van der Waals surface area contributed by atoms with Crippen LogP contribution in [0, 0.1) is 6.92 Å². The van der Waals surface area contributed by atoms with Gasteiger partial charge in [0.25, 0.3) is 0 Å². The first-order valence-electron chi connectivity index (χ1n) is 13.1. The average molecular weight is 489 g/mol. The highest BCUT2D eigenvalue weighted by Crippen LogP contribution is 2.66. The first kappa shape index (κ1) is 23.6. The quantitative estimate of drug-likeness (QED) is 0.641. The molecule has 0 aromatic heterocycles. The van der Waals surface area contributed by atoms with Crippen molar-refractivity contribution < 1.29 is 19.4 Å². The third-order valence-electron chi connectivity index (χ3n) is 9.30. The van der Waals surface area contributed by atoms with E-state index in [0.29, 0.717) is 5.75 Å². The summed E-state index contributed by atoms with van der Waals surface area (Å²) in [5, 5.41) is 10.9. The summed E-state index contributed by atoms with van der Waals surface area (Å²) < 4.78 is 13.2. The van der Waals surface area contributed by atoms with E-state index in [1.54, 1.807) is 6.07 Å². The lowest BCUT2D eigenvalue weighted by Gasteiger charge is -2.65. The molecule has 1 saturated carbocycles. The van der Waals surface area contributed by atoms with Crippen molar-refractivity contribution in [2.75, 3.05) is 27.2 Å². The average Bonchev–Trinajstić information content (AvgIpc) is 3.18. The highest BCUT2D eigenvalue weighted by molar-refractivity contribution is 5.69. The lowest BCUT2D eigenvalue weighted by molar-refractivity contribution is -0.220. The normalized spacial score (nSPS) is 32.4. The van der Waals surface area contributed by atoms with Crippen LogP contribution in [-0.2, 0) is 21.4 Å². The van der Waals surface area contributed by atoms with Gasteiger partial charge in [-0.3, -0.25) is 14.6 Å². The molecular formula is C30H36N2O4. The van der Waals surface area contributed by atoms with Crippen LogP contribution in [0.15, 0.2) is 42.5 Å². The Morgan fingerprint density at radius 3 is 2.92 bits per heavy atom. The fraction of sp³-hybridized carbons (Fsp3) is 0.500. The van der Waals surface area contributed by atoms with Gasteiger partial charge in [-0.1, -0.05) is 48.0 Å². The van der Waals surface area contributed by atoms with Gasteiger partial charge < -0.3 is 14.6 Å². The Morgan fingerprint density at radius 1 is 1.31 bits per heavy atom. The molecule has 1 spiro atoms. The molecule has 6 heteroatoms. The zero-order valence-electron chi connectivity index (χ0n) is 21.7. The predicted molar refractivity (Wildman–Crippen MR) is 139 cm³/mol. The van der Waals surface area contributed by atoms with E-state index in [1.165, 1.54) is 23.6 Å². The third kappa shape index (κ3) is 3.20. The zero-order chi connectivity index (χ0) is 25.2. The molecule has 2 unspecified atom stereocenters. The van der Waals surface area contributed by atoms with Crippen LogP contribution < -0.4 is 4.74 Å². The van der Waals surface area contributed by atoms with Crippen LogP contribution in [0.2, 0.25) is 0 Å². The number of likely N-dealkylation sites (tertiary alicyclic amines) is 1. The number of esters is 1. The minimum atomic E-state index is -0.655. The molecule has 2 aromatic rings. The first-order chi connectivity index (χ1) is 17.3. The van der Waals surface area contributed by atoms with Crippen LogP contribution in [0.5, 0.6) is 11.5 Å². The predicted octanol–water partition coefficient (Wildman–Crippen LogP) is 4.07. The van der Waals surface area contributed by atoms with Crippen LogP contribution in [0.3, 0.4) is 0 Å². The number of rotatable bonds is 5. The van der Waals surface area contributed by atoms with E-state index in [1.807, 2.05) is 6.07 Å². The first-order valence-corrected chi connectivity index (χ1v) is 13.1. The van der Waals surface area contributed by atoms with Gasteiger partial charge in [-0.2, -0.15) is 0 Å². The summed E-state index contributed by atoms with van der Waals surface area (Å²) in [7, 11) is 4.30. The summed E-state index contributed by atoms with van der Waals surface area (Å²) in [4.78, 5) is 17.3. The molecule has 2 bridgehead atoms. The number of hydrogen-bond donors (Lipinski definition) is 1. The van der Waals surface area contributed by atoms with Crippen molar-refractivity contribution in [2.24, 2.45) is 0 Å². The third-order valence-corrected chi connectivity index (χ3v) is 9.30. The van der Waals surface area contributed by atoms with E-state index in [0.717, 1.165) is 44.3 Å². The lowest BCUT2D eigenvalue weighted by atomic mass is 9.48. The summed E-state index contributed by atoms with van der Waals surface area (Å²) >= 11 is 0. The van der Waals surface area contributed by atoms with Crippen molar-refractivity contribution in [1.29, 1.82) is 0 Å². The number of piperidine rings is 1. The smallest absolute Gasteiger partial charge is 0.303 e. The lowest BCUT2D eigenvalue weighted by Crippen LogP contribution is -2.78. The molecule has 36 heavy (non-hydrogen) atoms. The Bertz CT molecular complexity index is 1240. The van der Waals surface area contributed by atoms with Crippen LogP contribution in [-0.4, -0.2) is 71.8 Å². The van der Waals surface area contributed by atoms with Crippen LogP contribution in [0.25, 0.3) is 6.08 Å². The number of hydrogen-bond acceptors (Lipinski definition) is 6. The number of likely N-dealkylation sites (N-methyl/N-ethyl adjacent to an activating group) is 2. The van der Waals surface area contributed by atoms with E-state index in [2.05, 4.69) is 67.2 Å². The topological polar surface area (TPSA) is 62.2 Å². The number of phenols is 1. The molecule has 0 radical (unpaired) electrons. The molecule has 5 atom stereocenters. The van der Waals surface area contributed by atoms with Gasteiger partial charge in [-0.05, 0) is 70.4 Å². The maximum Gasteiger partial charge on any atom is 0.303 e. The maximum absolute atomic E-state index is 12.6. The molecular weight excluding hydrogens is 452 g/mol. The summed E-state index contributed by atoms with van der Waals surface area (Å²) in [6, 6.07) is 12.5. The van der Waals surface area contributed by atoms with Gasteiger partial charge in [0.1, 0.15) is 11.7 Å². The van der Waals surface area contributed by atoms with Crippen LogP contribution in [0.1, 0.15) is 48.4 Å². The summed E-state index contributed by atoms with van der Waals surface area (Å²) in [6.07, 6.45) is 7.48. The molecule has 1 saturated heterocycles. The minimum Gasteiger partial charge on any atom is -0.504 e. The van der Waals surface area contributed by atoms with E-state index in [-0.39, 0.29) is 29.9 Å². The second-order valence-corrected chi connectivity index (χ2v) is 11.3. The number of aromatic hydroxyl groups is 1. The maximum atomic E-state index is 12.6. The van der Waals surface area contributed by atoms with Crippen molar-refractivity contribution in [1.82, 2.24) is 9.80 Å². The summed E-state index contributed by atoms with van der Waals surface area (Å²) in [5.74, 6) is 0.554. The number of phenolic OH excluding ortho intramolecular Hbond substituents is 1. The number of benzene rings is 2. The zero-order valence-corrected chi connectivity index (χ0v) is 21.7. The van der Waals surface area contributed by atoms with E-state index in [4.69, 9.17) is 9.47 Å². The van der Waals surface area contributed by atoms with Crippen molar-refractivity contribution in [3.8, 4) is 11.5 Å².